The summed E-state index contributed by atoms with van der Waals surface area (Å²) in [4.78, 5) is 14.7. The number of hydrogen-bond donors (Lipinski definition) is 2. The Hall–Kier alpha value is -2.77. The molecule has 2 atom stereocenters. The van der Waals surface area contributed by atoms with Crippen molar-refractivity contribution in [3.8, 4) is 17.2 Å². The van der Waals surface area contributed by atoms with E-state index in [0.29, 0.717) is 32.1 Å². The monoisotopic (exact) mass is 480 g/mol. The molecule has 2 aromatic rings. The van der Waals surface area contributed by atoms with Gasteiger partial charge in [0, 0.05) is 11.5 Å². The molecule has 0 saturated carbocycles. The summed E-state index contributed by atoms with van der Waals surface area (Å²) in [7, 11) is 0. The second-order valence-corrected chi connectivity index (χ2v) is 10.7. The van der Waals surface area contributed by atoms with Crippen molar-refractivity contribution < 1.29 is 24.1 Å². The van der Waals surface area contributed by atoms with Crippen LogP contribution in [0.3, 0.4) is 0 Å². The van der Waals surface area contributed by atoms with Gasteiger partial charge in [-0.1, -0.05) is 30.3 Å². The van der Waals surface area contributed by atoms with E-state index in [9.17, 15) is 9.90 Å². The molecule has 5 rings (SSSR count). The molecule has 0 bridgehead atoms. The van der Waals surface area contributed by atoms with Crippen LogP contribution in [0.2, 0.25) is 0 Å². The fourth-order valence-electron chi connectivity index (χ4n) is 5.82. The van der Waals surface area contributed by atoms with E-state index in [1.54, 1.807) is 6.07 Å². The molecule has 188 valence electrons. The second kappa shape index (κ2) is 9.70. The molecule has 3 heterocycles. The van der Waals surface area contributed by atoms with Gasteiger partial charge in [0.05, 0.1) is 25.8 Å². The molecule has 2 N–H and O–H groups in total. The van der Waals surface area contributed by atoms with Crippen LogP contribution >= 0.6 is 0 Å². The maximum Gasteiger partial charge on any atom is 0.234 e. The van der Waals surface area contributed by atoms with Gasteiger partial charge in [0.2, 0.25) is 5.91 Å². The van der Waals surface area contributed by atoms with Crippen LogP contribution in [0.15, 0.2) is 48.5 Å². The third-order valence-corrected chi connectivity index (χ3v) is 7.90. The minimum absolute atomic E-state index is 0.0378. The molecule has 3 aliphatic rings. The molecule has 2 fully saturated rings. The number of para-hydroxylation sites is 2. The lowest BCUT2D eigenvalue weighted by Crippen LogP contribution is -2.54. The normalized spacial score (nSPS) is 24.6. The van der Waals surface area contributed by atoms with Crippen LogP contribution in [0.4, 0.5) is 0 Å². The number of hydrogen-bond acceptors (Lipinski definition) is 6. The van der Waals surface area contributed by atoms with Gasteiger partial charge >= 0.3 is 0 Å². The number of phenolic OH excluding ortho intramolecular Hbond substituents is 1. The summed E-state index contributed by atoms with van der Waals surface area (Å²) in [5.41, 5.74) is 0.629. The zero-order valence-electron chi connectivity index (χ0n) is 20.7. The number of rotatable bonds is 6. The topological polar surface area (TPSA) is 80.3 Å². The molecule has 7 nitrogen and oxygen atoms in total. The Kier molecular flexibility index (Phi) is 6.64. The van der Waals surface area contributed by atoms with Crippen molar-refractivity contribution in [3.05, 3.63) is 54.1 Å². The lowest BCUT2D eigenvalue weighted by atomic mass is 9.64. The van der Waals surface area contributed by atoms with Gasteiger partial charge in [-0.15, -0.1) is 0 Å². The van der Waals surface area contributed by atoms with Crippen molar-refractivity contribution in [2.75, 3.05) is 39.4 Å². The van der Waals surface area contributed by atoms with E-state index < -0.39 is 5.60 Å². The highest BCUT2D eigenvalue weighted by molar-refractivity contribution is 5.78. The summed E-state index contributed by atoms with van der Waals surface area (Å²) in [5, 5.41) is 13.3. The van der Waals surface area contributed by atoms with Crippen LogP contribution in [0.1, 0.15) is 44.8 Å². The van der Waals surface area contributed by atoms with Crippen LogP contribution in [-0.2, 0) is 9.53 Å². The molecule has 3 aliphatic heterocycles. The van der Waals surface area contributed by atoms with Gasteiger partial charge in [-0.25, -0.2) is 0 Å². The molecule has 1 spiro atoms. The van der Waals surface area contributed by atoms with E-state index in [1.807, 2.05) is 42.5 Å². The standard InChI is InChI=1S/C28H36N2O5/c1-27(2)22-17-28(19-34-25(22)21-9-6-10-23(31)26(21)35-27)11-14-30(15-12-28)18-24(32)29-13-16-33-20-7-4-3-5-8-20/h3-10,22,25,31H,11-19H2,1-2H3,(H,29,32)/t22-,25+/m0/s1. The van der Waals surface area contributed by atoms with Gasteiger partial charge < -0.3 is 24.6 Å². The molecular formula is C28H36N2O5. The number of carbonyl (C=O) groups is 1. The van der Waals surface area contributed by atoms with E-state index in [-0.39, 0.29) is 29.1 Å². The van der Waals surface area contributed by atoms with Crippen LogP contribution in [0.5, 0.6) is 17.2 Å². The van der Waals surface area contributed by atoms with E-state index in [4.69, 9.17) is 14.2 Å². The van der Waals surface area contributed by atoms with Gasteiger partial charge in [-0.05, 0) is 69.8 Å². The Labute approximate surface area is 207 Å². The number of fused-ring (bicyclic) bond motifs is 3. The van der Waals surface area contributed by atoms with Gasteiger partial charge in [-0.2, -0.15) is 0 Å². The lowest BCUT2D eigenvalue weighted by Gasteiger charge is -2.54. The predicted octanol–water partition coefficient (Wildman–Crippen LogP) is 3.92. The fourth-order valence-corrected chi connectivity index (χ4v) is 5.82. The predicted molar refractivity (Wildman–Crippen MR) is 133 cm³/mol. The van der Waals surface area contributed by atoms with Gasteiger partial charge in [0.25, 0.3) is 0 Å². The van der Waals surface area contributed by atoms with Crippen molar-refractivity contribution in [3.63, 3.8) is 0 Å². The van der Waals surface area contributed by atoms with E-state index in [1.165, 1.54) is 0 Å². The average Bonchev–Trinajstić information content (AvgIpc) is 2.85. The van der Waals surface area contributed by atoms with Gasteiger partial charge in [-0.3, -0.25) is 9.69 Å². The molecule has 2 saturated heterocycles. The van der Waals surface area contributed by atoms with Gasteiger partial charge in [0.1, 0.15) is 18.0 Å². The van der Waals surface area contributed by atoms with E-state index >= 15 is 0 Å². The van der Waals surface area contributed by atoms with Crippen LogP contribution < -0.4 is 14.8 Å². The quantitative estimate of drug-likeness (QED) is 0.610. The molecule has 7 heteroatoms. The summed E-state index contributed by atoms with van der Waals surface area (Å²) >= 11 is 0. The number of nitrogens with one attached hydrogen (secondary N) is 1. The summed E-state index contributed by atoms with van der Waals surface area (Å²) < 4.78 is 18.5. The first-order valence-corrected chi connectivity index (χ1v) is 12.6. The number of nitrogens with zero attached hydrogens (tertiary/aromatic N) is 1. The minimum atomic E-state index is -0.428. The highest BCUT2D eigenvalue weighted by Crippen LogP contribution is 2.56. The summed E-state index contributed by atoms with van der Waals surface area (Å²) in [6.45, 7) is 8.03. The summed E-state index contributed by atoms with van der Waals surface area (Å²) in [5.74, 6) is 1.80. The number of carbonyl (C=O) groups excluding carboxylic acids is 1. The van der Waals surface area contributed by atoms with Crippen LogP contribution in [0.25, 0.3) is 0 Å². The Morgan fingerprint density at radius 2 is 1.91 bits per heavy atom. The third-order valence-electron chi connectivity index (χ3n) is 7.90. The summed E-state index contributed by atoms with van der Waals surface area (Å²) in [6.07, 6.45) is 2.97. The van der Waals surface area contributed by atoms with Gasteiger partial charge in [0.15, 0.2) is 11.5 Å². The molecule has 0 radical (unpaired) electrons. The Morgan fingerprint density at radius 1 is 1.14 bits per heavy atom. The van der Waals surface area contributed by atoms with Crippen molar-refractivity contribution >= 4 is 5.91 Å². The number of phenols is 1. The highest BCUT2D eigenvalue weighted by atomic mass is 16.5. The maximum atomic E-state index is 12.4. The highest BCUT2D eigenvalue weighted by Gasteiger charge is 2.53. The van der Waals surface area contributed by atoms with Crippen LogP contribution in [0, 0.1) is 11.3 Å². The molecule has 1 amide bonds. The Bertz CT molecular complexity index is 1030. The van der Waals surface area contributed by atoms with Crippen LogP contribution in [-0.4, -0.2) is 60.9 Å². The first-order chi connectivity index (χ1) is 16.9. The number of ether oxygens (including phenoxy) is 3. The van der Waals surface area contributed by atoms with E-state index in [0.717, 1.165) is 43.7 Å². The average molecular weight is 481 g/mol. The van der Waals surface area contributed by atoms with Crippen molar-refractivity contribution in [1.82, 2.24) is 10.2 Å². The maximum absolute atomic E-state index is 12.4. The van der Waals surface area contributed by atoms with Crippen molar-refractivity contribution in [1.29, 1.82) is 0 Å². The largest absolute Gasteiger partial charge is 0.504 e. The number of aromatic hydroxyl groups is 1. The molecule has 0 unspecified atom stereocenters. The third kappa shape index (κ3) is 5.11. The van der Waals surface area contributed by atoms with Crippen molar-refractivity contribution in [2.24, 2.45) is 11.3 Å². The zero-order valence-corrected chi connectivity index (χ0v) is 20.7. The Morgan fingerprint density at radius 3 is 2.69 bits per heavy atom. The number of benzene rings is 2. The molecule has 0 aliphatic carbocycles. The molecular weight excluding hydrogens is 444 g/mol. The molecule has 0 aromatic heterocycles. The summed E-state index contributed by atoms with van der Waals surface area (Å²) in [6, 6.07) is 15.2. The fraction of sp³-hybridized carbons (Fsp3) is 0.536. The first-order valence-electron chi connectivity index (χ1n) is 12.6. The lowest BCUT2D eigenvalue weighted by molar-refractivity contribution is -0.174. The van der Waals surface area contributed by atoms with Crippen molar-refractivity contribution in [2.45, 2.75) is 44.8 Å². The Balaban J connectivity index is 1.11. The zero-order chi connectivity index (χ0) is 24.5. The SMILES string of the molecule is CC1(C)Oc2c(O)cccc2[C@H]2OCC3(CCN(CC(=O)NCCOc4ccccc4)CC3)C[C@@H]21. The second-order valence-electron chi connectivity index (χ2n) is 10.7. The van der Waals surface area contributed by atoms with E-state index in [2.05, 4.69) is 24.1 Å². The minimum Gasteiger partial charge on any atom is -0.504 e. The number of piperidine rings is 1. The first kappa shape index (κ1) is 23.9. The number of likely N-dealkylation sites (tertiary alicyclic amines) is 1. The smallest absolute Gasteiger partial charge is 0.234 e. The number of amides is 1. The molecule has 35 heavy (non-hydrogen) atoms. The molecule has 2 aromatic carbocycles.